The Labute approximate surface area is 115 Å². The summed E-state index contributed by atoms with van der Waals surface area (Å²) in [5.74, 6) is 0.682. The van der Waals surface area contributed by atoms with Crippen LogP contribution in [0.15, 0.2) is 42.9 Å². The van der Waals surface area contributed by atoms with Gasteiger partial charge in [-0.15, -0.1) is 0 Å². The zero-order valence-electron chi connectivity index (χ0n) is 10.2. The SMILES string of the molecule is Cc1ccncc1-n1c(-c2ccccn2)n[nH]c1=S. The van der Waals surface area contributed by atoms with Crippen LogP contribution in [0.1, 0.15) is 5.56 Å². The van der Waals surface area contributed by atoms with Crippen molar-refractivity contribution in [3.05, 3.63) is 53.2 Å². The normalized spacial score (nSPS) is 10.6. The fourth-order valence-corrected chi connectivity index (χ4v) is 2.11. The van der Waals surface area contributed by atoms with Crippen LogP contribution in [0, 0.1) is 11.7 Å². The second-order valence-corrected chi connectivity index (χ2v) is 4.45. The number of aromatic amines is 1. The van der Waals surface area contributed by atoms with Crippen molar-refractivity contribution in [1.29, 1.82) is 0 Å². The molecule has 0 saturated heterocycles. The van der Waals surface area contributed by atoms with Crippen LogP contribution in [0.25, 0.3) is 17.2 Å². The number of aromatic nitrogens is 5. The Kier molecular flexibility index (Phi) is 2.92. The van der Waals surface area contributed by atoms with Crippen molar-refractivity contribution in [2.75, 3.05) is 0 Å². The van der Waals surface area contributed by atoms with Gasteiger partial charge in [-0.2, -0.15) is 5.10 Å². The molecule has 3 aromatic heterocycles. The third kappa shape index (κ3) is 2.06. The molecule has 0 atom stereocenters. The zero-order chi connectivity index (χ0) is 13.2. The fraction of sp³-hybridized carbons (Fsp3) is 0.0769. The second kappa shape index (κ2) is 4.74. The Hall–Kier alpha value is -2.34. The minimum Gasteiger partial charge on any atom is -0.265 e. The van der Waals surface area contributed by atoms with E-state index in [-0.39, 0.29) is 0 Å². The lowest BCUT2D eigenvalue weighted by Crippen LogP contribution is -2.01. The smallest absolute Gasteiger partial charge is 0.200 e. The lowest BCUT2D eigenvalue weighted by Gasteiger charge is -2.08. The number of hydrogen-bond donors (Lipinski definition) is 1. The van der Waals surface area contributed by atoms with E-state index in [1.165, 1.54) is 0 Å². The molecule has 3 rings (SSSR count). The average Bonchev–Trinajstić information content (AvgIpc) is 2.82. The van der Waals surface area contributed by atoms with Crippen molar-refractivity contribution in [2.45, 2.75) is 6.92 Å². The topological polar surface area (TPSA) is 59.4 Å². The highest BCUT2D eigenvalue weighted by atomic mass is 32.1. The number of pyridine rings is 2. The molecule has 3 aromatic rings. The van der Waals surface area contributed by atoms with Gasteiger partial charge < -0.3 is 0 Å². The van der Waals surface area contributed by atoms with Gasteiger partial charge in [0, 0.05) is 12.4 Å². The van der Waals surface area contributed by atoms with E-state index in [9.17, 15) is 0 Å². The molecule has 0 saturated carbocycles. The lowest BCUT2D eigenvalue weighted by atomic mass is 10.2. The van der Waals surface area contributed by atoms with Crippen LogP contribution < -0.4 is 0 Å². The van der Waals surface area contributed by atoms with Crippen LogP contribution in [-0.2, 0) is 0 Å². The molecular formula is C13H11N5S. The first-order chi connectivity index (χ1) is 9.27. The Balaban J connectivity index is 2.26. The molecule has 0 aliphatic rings. The summed E-state index contributed by atoms with van der Waals surface area (Å²) in [7, 11) is 0. The van der Waals surface area contributed by atoms with Crippen LogP contribution in [0.3, 0.4) is 0 Å². The number of aryl methyl sites for hydroxylation is 1. The van der Waals surface area contributed by atoms with E-state index >= 15 is 0 Å². The summed E-state index contributed by atoms with van der Waals surface area (Å²) in [5, 5.41) is 7.07. The first-order valence-corrected chi connectivity index (χ1v) is 6.18. The summed E-state index contributed by atoms with van der Waals surface area (Å²) < 4.78 is 2.37. The molecule has 0 radical (unpaired) electrons. The van der Waals surface area contributed by atoms with Gasteiger partial charge in [-0.25, -0.2) is 0 Å². The average molecular weight is 269 g/mol. The molecule has 0 fully saturated rings. The van der Waals surface area contributed by atoms with E-state index in [2.05, 4.69) is 20.2 Å². The first-order valence-electron chi connectivity index (χ1n) is 5.77. The maximum Gasteiger partial charge on any atom is 0.200 e. The van der Waals surface area contributed by atoms with Crippen molar-refractivity contribution in [3.63, 3.8) is 0 Å². The molecule has 0 bridgehead atoms. The molecule has 5 nitrogen and oxygen atoms in total. The van der Waals surface area contributed by atoms with Crippen LogP contribution in [0.5, 0.6) is 0 Å². The van der Waals surface area contributed by atoms with Crippen molar-refractivity contribution < 1.29 is 0 Å². The van der Waals surface area contributed by atoms with Crippen LogP contribution >= 0.6 is 12.2 Å². The number of nitrogens with zero attached hydrogens (tertiary/aromatic N) is 4. The molecule has 6 heteroatoms. The summed E-state index contributed by atoms with van der Waals surface area (Å²) in [6.07, 6.45) is 5.25. The highest BCUT2D eigenvalue weighted by Gasteiger charge is 2.12. The molecular weight excluding hydrogens is 258 g/mol. The molecule has 0 amide bonds. The van der Waals surface area contributed by atoms with Gasteiger partial charge in [-0.05, 0) is 42.9 Å². The largest absolute Gasteiger partial charge is 0.265 e. The predicted octanol–water partition coefficient (Wildman–Crippen LogP) is 2.70. The minimum atomic E-state index is 0.525. The molecule has 19 heavy (non-hydrogen) atoms. The molecule has 0 spiro atoms. The third-order valence-corrected chi connectivity index (χ3v) is 3.09. The van der Waals surface area contributed by atoms with Crippen LogP contribution in [0.2, 0.25) is 0 Å². The fourth-order valence-electron chi connectivity index (χ4n) is 1.88. The molecule has 0 aromatic carbocycles. The Bertz CT molecular complexity index is 760. The van der Waals surface area contributed by atoms with Gasteiger partial charge in [0.2, 0.25) is 0 Å². The number of nitrogens with one attached hydrogen (secondary N) is 1. The number of hydrogen-bond acceptors (Lipinski definition) is 4. The summed E-state index contributed by atoms with van der Waals surface area (Å²) in [6, 6.07) is 7.62. The standard InChI is InChI=1S/C13H11N5S/c1-9-5-7-14-8-11(9)18-12(16-17-13(18)19)10-4-2-3-6-15-10/h2-8H,1H3,(H,17,19). The zero-order valence-corrected chi connectivity index (χ0v) is 11.1. The summed E-state index contributed by atoms with van der Waals surface area (Å²) in [4.78, 5) is 8.46. The monoisotopic (exact) mass is 269 g/mol. The van der Waals surface area contributed by atoms with Crippen molar-refractivity contribution >= 4 is 12.2 Å². The van der Waals surface area contributed by atoms with Crippen molar-refractivity contribution in [2.24, 2.45) is 0 Å². The van der Waals surface area contributed by atoms with E-state index in [0.717, 1.165) is 16.9 Å². The molecule has 3 heterocycles. The van der Waals surface area contributed by atoms with Gasteiger partial charge in [0.15, 0.2) is 10.6 Å². The molecule has 94 valence electrons. The van der Waals surface area contributed by atoms with Gasteiger partial charge in [-0.3, -0.25) is 19.6 Å². The molecule has 0 unspecified atom stereocenters. The van der Waals surface area contributed by atoms with E-state index < -0.39 is 0 Å². The first kappa shape index (κ1) is 11.7. The van der Waals surface area contributed by atoms with Crippen LogP contribution in [-0.4, -0.2) is 24.7 Å². The van der Waals surface area contributed by atoms with Gasteiger partial charge in [0.25, 0.3) is 0 Å². The maximum atomic E-state index is 5.30. The molecule has 1 N–H and O–H groups in total. The summed E-state index contributed by atoms with van der Waals surface area (Å²) >= 11 is 5.30. The molecule has 0 aliphatic carbocycles. The lowest BCUT2D eigenvalue weighted by molar-refractivity contribution is 1.000. The van der Waals surface area contributed by atoms with E-state index in [4.69, 9.17) is 12.2 Å². The number of H-pyrrole nitrogens is 1. The maximum absolute atomic E-state index is 5.30. The highest BCUT2D eigenvalue weighted by Crippen LogP contribution is 2.20. The van der Waals surface area contributed by atoms with Gasteiger partial charge >= 0.3 is 0 Å². The Morgan fingerprint density at radius 3 is 2.84 bits per heavy atom. The van der Waals surface area contributed by atoms with E-state index in [1.54, 1.807) is 18.6 Å². The Morgan fingerprint density at radius 2 is 2.11 bits per heavy atom. The Morgan fingerprint density at radius 1 is 1.21 bits per heavy atom. The molecule has 0 aliphatic heterocycles. The van der Waals surface area contributed by atoms with Gasteiger partial charge in [-0.1, -0.05) is 6.07 Å². The van der Waals surface area contributed by atoms with Crippen LogP contribution in [0.4, 0.5) is 0 Å². The predicted molar refractivity (Wildman–Crippen MR) is 74.5 cm³/mol. The van der Waals surface area contributed by atoms with E-state index in [1.807, 2.05) is 35.8 Å². The number of rotatable bonds is 2. The minimum absolute atomic E-state index is 0.525. The van der Waals surface area contributed by atoms with Gasteiger partial charge in [0.1, 0.15) is 5.69 Å². The van der Waals surface area contributed by atoms with Crippen molar-refractivity contribution in [1.82, 2.24) is 24.7 Å². The second-order valence-electron chi connectivity index (χ2n) is 4.06. The van der Waals surface area contributed by atoms with Gasteiger partial charge in [0.05, 0.1) is 11.9 Å². The third-order valence-electron chi connectivity index (χ3n) is 2.82. The highest BCUT2D eigenvalue weighted by molar-refractivity contribution is 7.71. The summed E-state index contributed by atoms with van der Waals surface area (Å²) in [6.45, 7) is 2.01. The van der Waals surface area contributed by atoms with Crippen molar-refractivity contribution in [3.8, 4) is 17.2 Å². The quantitative estimate of drug-likeness (QED) is 0.727. The van der Waals surface area contributed by atoms with E-state index in [0.29, 0.717) is 10.6 Å². The summed E-state index contributed by atoms with van der Waals surface area (Å²) in [5.41, 5.74) is 2.74.